The van der Waals surface area contributed by atoms with Crippen LogP contribution in [0.15, 0.2) is 22.7 Å². The molecule has 6 nitrogen and oxygen atoms in total. The maximum atomic E-state index is 10.7. The number of hydrogen-bond donors (Lipinski definition) is 1. The Morgan fingerprint density at radius 2 is 2.33 bits per heavy atom. The monoisotopic (exact) mass is 313 g/mol. The van der Waals surface area contributed by atoms with Crippen molar-refractivity contribution in [1.82, 2.24) is 5.32 Å². The Morgan fingerprint density at radius 1 is 1.67 bits per heavy atom. The summed E-state index contributed by atoms with van der Waals surface area (Å²) in [6.07, 6.45) is 0. The first-order valence-electron chi connectivity index (χ1n) is 5.09. The maximum absolute atomic E-state index is 10.7. The van der Waals surface area contributed by atoms with Crippen molar-refractivity contribution in [3.63, 3.8) is 0 Å². The molecule has 0 spiro atoms. The van der Waals surface area contributed by atoms with E-state index in [2.05, 4.69) is 27.3 Å². The average Bonchev–Trinajstić information content (AvgIpc) is 2.37. The van der Waals surface area contributed by atoms with E-state index in [1.807, 2.05) is 0 Å². The van der Waals surface area contributed by atoms with Crippen molar-refractivity contribution in [2.24, 2.45) is 0 Å². The van der Waals surface area contributed by atoms with Crippen LogP contribution in [-0.4, -0.2) is 24.1 Å². The van der Waals surface area contributed by atoms with E-state index in [0.29, 0.717) is 5.75 Å². The van der Waals surface area contributed by atoms with Gasteiger partial charge >= 0.3 is 0 Å². The summed E-state index contributed by atoms with van der Waals surface area (Å²) in [5.41, 5.74) is -0.917. The fourth-order valence-corrected chi connectivity index (χ4v) is 1.66. The van der Waals surface area contributed by atoms with Gasteiger partial charge in [-0.25, -0.2) is 0 Å². The molecule has 96 valence electrons. The number of ether oxygens (including phenoxy) is 1. The van der Waals surface area contributed by atoms with Gasteiger partial charge in [-0.15, -0.1) is 0 Å². The lowest BCUT2D eigenvalue weighted by atomic mass is 10.1. The van der Waals surface area contributed by atoms with E-state index < -0.39 is 10.5 Å². The molecule has 0 saturated heterocycles. The summed E-state index contributed by atoms with van der Waals surface area (Å²) in [4.78, 5) is 10.2. The van der Waals surface area contributed by atoms with Gasteiger partial charge in [0.05, 0.1) is 11.0 Å². The lowest BCUT2D eigenvalue weighted by Crippen LogP contribution is -2.43. The predicted molar refractivity (Wildman–Crippen MR) is 69.4 cm³/mol. The van der Waals surface area contributed by atoms with Crippen LogP contribution in [0.3, 0.4) is 0 Å². The minimum absolute atomic E-state index is 0.0735. The number of nitrogens with one attached hydrogen (secondary N) is 1. The molecule has 0 radical (unpaired) electrons. The van der Waals surface area contributed by atoms with Crippen LogP contribution in [0, 0.1) is 21.4 Å². The summed E-state index contributed by atoms with van der Waals surface area (Å²) >= 11 is 3.12. The molecular weight excluding hydrogens is 302 g/mol. The van der Waals surface area contributed by atoms with Crippen molar-refractivity contribution < 1.29 is 9.66 Å². The van der Waals surface area contributed by atoms with E-state index in [1.165, 1.54) is 12.1 Å². The standard InChI is InChI=1S/C11H12BrN3O3/c1-11(6-13,14-2)7-18-9-5-3-4-8(10(9)12)15(16)17/h3-5,14H,7H2,1-2H3. The molecule has 0 aliphatic carbocycles. The van der Waals surface area contributed by atoms with Gasteiger partial charge in [-0.1, -0.05) is 6.07 Å². The molecule has 0 aliphatic heterocycles. The second-order valence-corrected chi connectivity index (χ2v) is 4.62. The number of halogens is 1. The molecule has 0 bridgehead atoms. The minimum Gasteiger partial charge on any atom is -0.489 e. The first-order valence-corrected chi connectivity index (χ1v) is 5.88. The summed E-state index contributed by atoms with van der Waals surface area (Å²) in [5.74, 6) is 0.334. The number of rotatable bonds is 5. The molecule has 1 atom stereocenters. The van der Waals surface area contributed by atoms with E-state index in [1.54, 1.807) is 20.0 Å². The first kappa shape index (κ1) is 14.4. The molecule has 1 aromatic carbocycles. The van der Waals surface area contributed by atoms with Gasteiger partial charge < -0.3 is 4.74 Å². The van der Waals surface area contributed by atoms with Crippen molar-refractivity contribution in [2.45, 2.75) is 12.5 Å². The summed E-state index contributed by atoms with van der Waals surface area (Å²) in [6, 6.07) is 6.57. The average molecular weight is 314 g/mol. The quantitative estimate of drug-likeness (QED) is 0.665. The Hall–Kier alpha value is -1.65. The van der Waals surface area contributed by atoms with Crippen LogP contribution in [-0.2, 0) is 0 Å². The predicted octanol–water partition coefficient (Wildman–Crippen LogP) is 2.24. The number of nitriles is 1. The summed E-state index contributed by atoms with van der Waals surface area (Å²) in [7, 11) is 1.65. The van der Waals surface area contributed by atoms with Crippen LogP contribution in [0.5, 0.6) is 5.75 Å². The molecule has 1 rings (SSSR count). The Labute approximate surface area is 113 Å². The maximum Gasteiger partial charge on any atom is 0.287 e. The smallest absolute Gasteiger partial charge is 0.287 e. The summed E-state index contributed by atoms with van der Waals surface area (Å²) in [5, 5.41) is 22.5. The first-order chi connectivity index (χ1) is 8.43. The van der Waals surface area contributed by atoms with Gasteiger partial charge in [0, 0.05) is 6.07 Å². The second-order valence-electron chi connectivity index (χ2n) is 3.83. The number of hydrogen-bond acceptors (Lipinski definition) is 5. The van der Waals surface area contributed by atoms with Crippen LogP contribution in [0.1, 0.15) is 6.92 Å². The molecule has 0 amide bonds. The van der Waals surface area contributed by atoms with Crippen LogP contribution in [0.25, 0.3) is 0 Å². The molecule has 7 heteroatoms. The lowest BCUT2D eigenvalue weighted by molar-refractivity contribution is -0.385. The normalized spacial score (nSPS) is 13.4. The highest BCUT2D eigenvalue weighted by Gasteiger charge is 2.24. The molecule has 0 heterocycles. The second kappa shape index (κ2) is 5.80. The highest BCUT2D eigenvalue weighted by Crippen LogP contribution is 2.34. The van der Waals surface area contributed by atoms with E-state index in [-0.39, 0.29) is 16.8 Å². The topological polar surface area (TPSA) is 88.2 Å². The summed E-state index contributed by atoms with van der Waals surface area (Å²) < 4.78 is 5.71. The summed E-state index contributed by atoms with van der Waals surface area (Å²) in [6.45, 7) is 1.76. The van der Waals surface area contributed by atoms with Gasteiger partial charge in [-0.05, 0) is 36.0 Å². The van der Waals surface area contributed by atoms with E-state index in [9.17, 15) is 10.1 Å². The van der Waals surface area contributed by atoms with Crippen molar-refractivity contribution >= 4 is 21.6 Å². The molecule has 1 unspecified atom stereocenters. The van der Waals surface area contributed by atoms with Gasteiger partial charge in [0.1, 0.15) is 22.4 Å². The largest absolute Gasteiger partial charge is 0.489 e. The molecular formula is C11H12BrN3O3. The minimum atomic E-state index is -0.843. The fraction of sp³-hybridized carbons (Fsp3) is 0.364. The Kier molecular flexibility index (Phi) is 4.64. The van der Waals surface area contributed by atoms with Gasteiger partial charge in [0.2, 0.25) is 0 Å². The van der Waals surface area contributed by atoms with Gasteiger partial charge in [0.25, 0.3) is 5.69 Å². The number of benzene rings is 1. The number of likely N-dealkylation sites (N-methyl/N-ethyl adjacent to an activating group) is 1. The zero-order valence-corrected chi connectivity index (χ0v) is 11.5. The zero-order chi connectivity index (χ0) is 13.8. The zero-order valence-electron chi connectivity index (χ0n) is 9.94. The number of nitrogens with zero attached hydrogens (tertiary/aromatic N) is 2. The van der Waals surface area contributed by atoms with E-state index >= 15 is 0 Å². The third-order valence-corrected chi connectivity index (χ3v) is 3.25. The van der Waals surface area contributed by atoms with E-state index in [4.69, 9.17) is 10.00 Å². The van der Waals surface area contributed by atoms with Crippen molar-refractivity contribution in [3.05, 3.63) is 32.8 Å². The molecule has 1 aromatic rings. The number of nitro benzene ring substituents is 1. The van der Waals surface area contributed by atoms with Gasteiger partial charge in [-0.3, -0.25) is 15.4 Å². The van der Waals surface area contributed by atoms with Crippen molar-refractivity contribution in [1.29, 1.82) is 5.26 Å². The fourth-order valence-electron chi connectivity index (χ4n) is 1.13. The number of nitro groups is 1. The molecule has 0 aliphatic rings. The van der Waals surface area contributed by atoms with Crippen LogP contribution < -0.4 is 10.1 Å². The van der Waals surface area contributed by atoms with Crippen LogP contribution in [0.2, 0.25) is 0 Å². The van der Waals surface area contributed by atoms with Crippen LogP contribution >= 0.6 is 15.9 Å². The van der Waals surface area contributed by atoms with Crippen molar-refractivity contribution in [2.75, 3.05) is 13.7 Å². The Morgan fingerprint density at radius 3 is 2.83 bits per heavy atom. The SMILES string of the molecule is CNC(C)(C#N)COc1cccc([N+](=O)[O-])c1Br. The lowest BCUT2D eigenvalue weighted by Gasteiger charge is -2.21. The molecule has 1 N–H and O–H groups in total. The highest BCUT2D eigenvalue weighted by molar-refractivity contribution is 9.10. The molecule has 18 heavy (non-hydrogen) atoms. The molecule has 0 aromatic heterocycles. The van der Waals surface area contributed by atoms with Gasteiger partial charge in [-0.2, -0.15) is 5.26 Å². The van der Waals surface area contributed by atoms with E-state index in [0.717, 1.165) is 0 Å². The molecule has 0 fully saturated rings. The van der Waals surface area contributed by atoms with Crippen molar-refractivity contribution in [3.8, 4) is 11.8 Å². The Balaban J connectivity index is 2.90. The van der Waals surface area contributed by atoms with Gasteiger partial charge in [0.15, 0.2) is 0 Å². The third-order valence-electron chi connectivity index (χ3n) is 2.45. The Bertz CT molecular complexity index is 501. The van der Waals surface area contributed by atoms with Crippen LogP contribution in [0.4, 0.5) is 5.69 Å². The third kappa shape index (κ3) is 3.18. The highest BCUT2D eigenvalue weighted by atomic mass is 79.9. The molecule has 0 saturated carbocycles.